The van der Waals surface area contributed by atoms with Gasteiger partial charge in [0.25, 0.3) is 0 Å². The van der Waals surface area contributed by atoms with Gasteiger partial charge < -0.3 is 10.2 Å². The molecule has 32 heavy (non-hydrogen) atoms. The minimum atomic E-state index is -3.71. The zero-order valence-electron chi connectivity index (χ0n) is 17.7. The zero-order valence-corrected chi connectivity index (χ0v) is 19.2. The van der Waals surface area contributed by atoms with E-state index in [4.69, 9.17) is 11.6 Å². The highest BCUT2D eigenvalue weighted by Gasteiger charge is 2.34. The number of likely N-dealkylation sites (tertiary alicyclic amines) is 1. The van der Waals surface area contributed by atoms with E-state index in [2.05, 4.69) is 5.32 Å². The molecule has 0 saturated carbocycles. The van der Waals surface area contributed by atoms with Crippen molar-refractivity contribution in [3.63, 3.8) is 0 Å². The molecule has 2 aliphatic rings. The third kappa shape index (κ3) is 4.98. The number of nitrogens with one attached hydrogen (secondary N) is 1. The second kappa shape index (κ2) is 9.60. The maximum absolute atomic E-state index is 12.9. The van der Waals surface area contributed by atoms with Crippen LogP contribution in [0.5, 0.6) is 0 Å². The largest absolute Gasteiger partial charge is 0.342 e. The van der Waals surface area contributed by atoms with Gasteiger partial charge in [-0.15, -0.1) is 0 Å². The van der Waals surface area contributed by atoms with E-state index < -0.39 is 15.9 Å². The van der Waals surface area contributed by atoms with Gasteiger partial charge in [0.05, 0.1) is 10.9 Å². The molecule has 2 amide bonds. The molecule has 0 spiro atoms. The van der Waals surface area contributed by atoms with Crippen molar-refractivity contribution >= 4 is 39.1 Å². The molecule has 2 aromatic carbocycles. The van der Waals surface area contributed by atoms with Crippen molar-refractivity contribution < 1.29 is 18.0 Å². The van der Waals surface area contributed by atoms with Crippen LogP contribution in [0, 0.1) is 5.92 Å². The number of hydrogen-bond acceptors (Lipinski definition) is 4. The number of amides is 2. The fraction of sp³-hybridized carbons (Fsp3) is 0.391. The number of rotatable bonds is 7. The van der Waals surface area contributed by atoms with Crippen molar-refractivity contribution in [2.24, 2.45) is 5.92 Å². The normalized spacial score (nSPS) is 19.5. The molecule has 9 heteroatoms. The van der Waals surface area contributed by atoms with E-state index in [1.165, 1.54) is 16.4 Å². The Kier molecular flexibility index (Phi) is 6.83. The third-order valence-electron chi connectivity index (χ3n) is 5.98. The summed E-state index contributed by atoms with van der Waals surface area (Å²) >= 11 is 6.18. The van der Waals surface area contributed by atoms with Crippen LogP contribution >= 0.6 is 11.6 Å². The van der Waals surface area contributed by atoms with Gasteiger partial charge in [-0.3, -0.25) is 9.59 Å². The van der Waals surface area contributed by atoms with Gasteiger partial charge >= 0.3 is 0 Å². The van der Waals surface area contributed by atoms with Crippen LogP contribution in [0.25, 0.3) is 0 Å². The van der Waals surface area contributed by atoms with Crippen molar-refractivity contribution in [2.75, 3.05) is 31.5 Å². The van der Waals surface area contributed by atoms with Crippen LogP contribution in [0.4, 0.5) is 5.69 Å². The first kappa shape index (κ1) is 22.8. The molecule has 1 atom stereocenters. The molecule has 4 rings (SSSR count). The van der Waals surface area contributed by atoms with Gasteiger partial charge in [0, 0.05) is 38.3 Å². The number of nitrogens with zero attached hydrogens (tertiary/aromatic N) is 2. The van der Waals surface area contributed by atoms with E-state index in [1.54, 1.807) is 11.0 Å². The lowest BCUT2D eigenvalue weighted by Crippen LogP contribution is -2.30. The predicted molar refractivity (Wildman–Crippen MR) is 123 cm³/mol. The predicted octanol–water partition coefficient (Wildman–Crippen LogP) is 3.15. The molecule has 0 aromatic heterocycles. The van der Waals surface area contributed by atoms with Crippen LogP contribution in [0.3, 0.4) is 0 Å². The second-order valence-corrected chi connectivity index (χ2v) is 10.5. The lowest BCUT2D eigenvalue weighted by molar-refractivity contribution is -0.128. The molecule has 2 aliphatic heterocycles. The molecular formula is C23H26ClN3O4S. The Bertz CT molecular complexity index is 1100. The first-order chi connectivity index (χ1) is 15.3. The van der Waals surface area contributed by atoms with Gasteiger partial charge in [0.15, 0.2) is 0 Å². The van der Waals surface area contributed by atoms with E-state index >= 15 is 0 Å². The summed E-state index contributed by atoms with van der Waals surface area (Å²) in [6, 6.07) is 14.3. The fourth-order valence-corrected chi connectivity index (χ4v) is 6.18. The number of halogens is 1. The minimum absolute atomic E-state index is 0.00847. The molecule has 170 valence electrons. The first-order valence-corrected chi connectivity index (χ1v) is 12.6. The highest BCUT2D eigenvalue weighted by molar-refractivity contribution is 7.89. The SMILES string of the molecule is O=C(Nc1ccc(Cl)c(S(=O)(=O)N2CCCC2)c1)[C@@H]1CC(=O)N(CCc2ccccc2)C1. The number of carbonyl (C=O) groups is 2. The monoisotopic (exact) mass is 475 g/mol. The van der Waals surface area contributed by atoms with Gasteiger partial charge in [0.2, 0.25) is 21.8 Å². The van der Waals surface area contributed by atoms with Crippen LogP contribution in [-0.2, 0) is 26.0 Å². The molecule has 0 aliphatic carbocycles. The lowest BCUT2D eigenvalue weighted by atomic mass is 10.1. The summed E-state index contributed by atoms with van der Waals surface area (Å²) in [4.78, 5) is 26.9. The number of sulfonamides is 1. The first-order valence-electron chi connectivity index (χ1n) is 10.8. The van der Waals surface area contributed by atoms with Gasteiger partial charge in [-0.2, -0.15) is 4.31 Å². The smallest absolute Gasteiger partial charge is 0.244 e. The topological polar surface area (TPSA) is 86.8 Å². The van der Waals surface area contributed by atoms with Gasteiger partial charge in [0.1, 0.15) is 4.90 Å². The van der Waals surface area contributed by atoms with Crippen LogP contribution in [0.2, 0.25) is 5.02 Å². The zero-order chi connectivity index (χ0) is 22.7. The second-order valence-electron chi connectivity index (χ2n) is 8.22. The summed E-state index contributed by atoms with van der Waals surface area (Å²) in [6.07, 6.45) is 2.52. The summed E-state index contributed by atoms with van der Waals surface area (Å²) in [7, 11) is -3.71. The lowest BCUT2D eigenvalue weighted by Gasteiger charge is -2.18. The van der Waals surface area contributed by atoms with Gasteiger partial charge in [-0.1, -0.05) is 41.9 Å². The summed E-state index contributed by atoms with van der Waals surface area (Å²) in [5.74, 6) is -0.825. The molecule has 2 fully saturated rings. The van der Waals surface area contributed by atoms with Crippen LogP contribution in [0.1, 0.15) is 24.8 Å². The van der Waals surface area contributed by atoms with Crippen LogP contribution < -0.4 is 5.32 Å². The molecule has 0 unspecified atom stereocenters. The molecule has 2 aromatic rings. The number of anilines is 1. The van der Waals surface area contributed by atoms with E-state index in [1.807, 2.05) is 30.3 Å². The van der Waals surface area contributed by atoms with Gasteiger partial charge in [-0.25, -0.2) is 8.42 Å². The van der Waals surface area contributed by atoms with E-state index in [0.29, 0.717) is 31.9 Å². The third-order valence-corrected chi connectivity index (χ3v) is 8.36. The molecule has 1 N–H and O–H groups in total. The Balaban J connectivity index is 1.40. The molecular weight excluding hydrogens is 450 g/mol. The fourth-order valence-electron chi connectivity index (χ4n) is 4.16. The Hall–Kier alpha value is -2.42. The number of carbonyl (C=O) groups excluding carboxylic acids is 2. The van der Waals surface area contributed by atoms with E-state index in [9.17, 15) is 18.0 Å². The molecule has 7 nitrogen and oxygen atoms in total. The maximum Gasteiger partial charge on any atom is 0.244 e. The Morgan fingerprint density at radius 2 is 1.81 bits per heavy atom. The summed E-state index contributed by atoms with van der Waals surface area (Å²) < 4.78 is 27.2. The highest BCUT2D eigenvalue weighted by atomic mass is 35.5. The van der Waals surface area contributed by atoms with Crippen LogP contribution in [0.15, 0.2) is 53.4 Å². The molecule has 2 heterocycles. The minimum Gasteiger partial charge on any atom is -0.342 e. The summed E-state index contributed by atoms with van der Waals surface area (Å²) in [5, 5.41) is 2.89. The van der Waals surface area contributed by atoms with Crippen molar-refractivity contribution in [2.45, 2.75) is 30.6 Å². The van der Waals surface area contributed by atoms with Crippen molar-refractivity contribution in [1.82, 2.24) is 9.21 Å². The van der Waals surface area contributed by atoms with Crippen molar-refractivity contribution in [1.29, 1.82) is 0 Å². The Labute approximate surface area is 193 Å². The average Bonchev–Trinajstić information content (AvgIpc) is 3.45. The summed E-state index contributed by atoms with van der Waals surface area (Å²) in [6.45, 7) is 1.85. The molecule has 0 bridgehead atoms. The highest BCUT2D eigenvalue weighted by Crippen LogP contribution is 2.30. The van der Waals surface area contributed by atoms with E-state index in [0.717, 1.165) is 24.8 Å². The van der Waals surface area contributed by atoms with Crippen LogP contribution in [-0.4, -0.2) is 55.6 Å². The standard InChI is InChI=1S/C23H26ClN3O4S/c24-20-9-8-19(15-21(20)32(30,31)27-11-4-5-12-27)25-23(29)18-14-22(28)26(16-18)13-10-17-6-2-1-3-7-17/h1-3,6-9,15,18H,4-5,10-14,16H2,(H,25,29)/t18-/m1/s1. The summed E-state index contributed by atoms with van der Waals surface area (Å²) in [5.41, 5.74) is 1.49. The van der Waals surface area contributed by atoms with E-state index in [-0.39, 0.29) is 28.2 Å². The quantitative estimate of drug-likeness (QED) is 0.666. The number of hydrogen-bond donors (Lipinski definition) is 1. The van der Waals surface area contributed by atoms with Gasteiger partial charge in [-0.05, 0) is 43.0 Å². The number of benzene rings is 2. The van der Waals surface area contributed by atoms with Crippen molar-refractivity contribution in [3.05, 3.63) is 59.1 Å². The Morgan fingerprint density at radius 3 is 2.53 bits per heavy atom. The average molecular weight is 476 g/mol. The van der Waals surface area contributed by atoms with Crippen molar-refractivity contribution in [3.8, 4) is 0 Å². The molecule has 0 radical (unpaired) electrons. The maximum atomic E-state index is 12.9. The molecule has 2 saturated heterocycles. The Morgan fingerprint density at radius 1 is 1.09 bits per heavy atom.